The maximum atomic E-state index is 12.4. The number of amides is 1. The van der Waals surface area contributed by atoms with E-state index in [2.05, 4.69) is 0 Å². The van der Waals surface area contributed by atoms with E-state index in [1.165, 1.54) is 20.1 Å². The van der Waals surface area contributed by atoms with E-state index < -0.39 is 30.3 Å². The molecule has 0 radical (unpaired) electrons. The molecule has 7 nitrogen and oxygen atoms in total. The van der Waals surface area contributed by atoms with Crippen LogP contribution in [0.3, 0.4) is 0 Å². The van der Waals surface area contributed by atoms with E-state index in [4.69, 9.17) is 14.9 Å². The van der Waals surface area contributed by atoms with Crippen LogP contribution < -0.4 is 4.74 Å². The third-order valence-corrected chi connectivity index (χ3v) is 2.87. The molecule has 0 aliphatic rings. The van der Waals surface area contributed by atoms with Crippen LogP contribution in [0.5, 0.6) is 5.75 Å². The second kappa shape index (κ2) is 7.28. The van der Waals surface area contributed by atoms with E-state index in [1.54, 1.807) is 18.2 Å². The van der Waals surface area contributed by atoms with Gasteiger partial charge in [-0.25, -0.2) is 0 Å². The highest BCUT2D eigenvalue weighted by molar-refractivity contribution is 5.98. The zero-order chi connectivity index (χ0) is 16.0. The molecule has 0 heterocycles. The third kappa shape index (κ3) is 4.48. The normalized spacial score (nSPS) is 11.5. The zero-order valence-corrected chi connectivity index (χ0v) is 11.8. The Morgan fingerprint density at radius 1 is 1.24 bits per heavy atom. The monoisotopic (exact) mass is 295 g/mol. The molecule has 2 N–H and O–H groups in total. The smallest absolute Gasteiger partial charge is 0.323 e. The summed E-state index contributed by atoms with van der Waals surface area (Å²) < 4.78 is 5.06. The Morgan fingerprint density at radius 3 is 2.38 bits per heavy atom. The van der Waals surface area contributed by atoms with Gasteiger partial charge in [-0.15, -0.1) is 0 Å². The zero-order valence-electron chi connectivity index (χ0n) is 11.8. The first-order valence-electron chi connectivity index (χ1n) is 6.23. The van der Waals surface area contributed by atoms with Gasteiger partial charge in [0.05, 0.1) is 18.6 Å². The minimum atomic E-state index is -1.21. The number of carboxylic acid groups (broad SMARTS) is 2. The Hall–Kier alpha value is -2.57. The second-order valence-electron chi connectivity index (χ2n) is 4.52. The van der Waals surface area contributed by atoms with Crippen molar-refractivity contribution in [1.82, 2.24) is 4.90 Å². The molecule has 1 amide bonds. The minimum Gasteiger partial charge on any atom is -0.496 e. The summed E-state index contributed by atoms with van der Waals surface area (Å²) in [4.78, 5) is 35.2. The lowest BCUT2D eigenvalue weighted by molar-refractivity contribution is -0.143. The van der Waals surface area contributed by atoms with Crippen LogP contribution in [-0.2, 0) is 9.59 Å². The van der Waals surface area contributed by atoms with Gasteiger partial charge in [0.2, 0.25) is 0 Å². The van der Waals surface area contributed by atoms with Crippen molar-refractivity contribution in [3.63, 3.8) is 0 Å². The number of carbonyl (C=O) groups excluding carboxylic acids is 1. The van der Waals surface area contributed by atoms with Gasteiger partial charge in [-0.2, -0.15) is 0 Å². The van der Waals surface area contributed by atoms with Crippen molar-refractivity contribution in [2.75, 3.05) is 20.2 Å². The number of hydrogen-bond donors (Lipinski definition) is 2. The number of ether oxygens (including phenoxy) is 1. The minimum absolute atomic E-state index is 0.193. The van der Waals surface area contributed by atoms with Gasteiger partial charge in [-0.05, 0) is 12.1 Å². The number of carbonyl (C=O) groups is 3. The summed E-state index contributed by atoms with van der Waals surface area (Å²) in [5.74, 6) is -3.46. The first-order chi connectivity index (χ1) is 9.86. The van der Waals surface area contributed by atoms with Gasteiger partial charge >= 0.3 is 11.9 Å². The second-order valence-corrected chi connectivity index (χ2v) is 4.52. The molecule has 21 heavy (non-hydrogen) atoms. The summed E-state index contributed by atoms with van der Waals surface area (Å²) in [7, 11) is 1.40. The fraction of sp³-hybridized carbons (Fsp3) is 0.357. The maximum absolute atomic E-state index is 12.4. The van der Waals surface area contributed by atoms with Crippen molar-refractivity contribution in [3.05, 3.63) is 29.8 Å². The number of para-hydroxylation sites is 1. The van der Waals surface area contributed by atoms with Gasteiger partial charge in [0.15, 0.2) is 0 Å². The Balaban J connectivity index is 3.04. The van der Waals surface area contributed by atoms with Gasteiger partial charge in [0, 0.05) is 6.54 Å². The molecule has 0 aromatic heterocycles. The lowest BCUT2D eigenvalue weighted by Gasteiger charge is -2.23. The van der Waals surface area contributed by atoms with Crippen molar-refractivity contribution in [3.8, 4) is 5.75 Å². The summed E-state index contributed by atoms with van der Waals surface area (Å²) in [6.07, 6.45) is 0. The highest BCUT2D eigenvalue weighted by atomic mass is 16.5. The average Bonchev–Trinajstić information content (AvgIpc) is 2.45. The molecule has 114 valence electrons. The van der Waals surface area contributed by atoms with Gasteiger partial charge in [0.1, 0.15) is 12.3 Å². The molecular formula is C14H17NO6. The summed E-state index contributed by atoms with van der Waals surface area (Å²) in [6.45, 7) is 0.639. The largest absolute Gasteiger partial charge is 0.496 e. The quantitative estimate of drug-likeness (QED) is 0.776. The SMILES string of the molecule is COc1ccccc1C(=O)N(CC(=O)O)CC(C)C(=O)O. The fourth-order valence-electron chi connectivity index (χ4n) is 1.78. The Kier molecular flexibility index (Phi) is 5.71. The number of methoxy groups -OCH3 is 1. The third-order valence-electron chi connectivity index (χ3n) is 2.87. The molecule has 1 atom stereocenters. The van der Waals surface area contributed by atoms with Crippen molar-refractivity contribution >= 4 is 17.8 Å². The van der Waals surface area contributed by atoms with Gasteiger partial charge in [0.25, 0.3) is 5.91 Å². The van der Waals surface area contributed by atoms with E-state index in [0.717, 1.165) is 4.90 Å². The number of carboxylic acids is 2. The van der Waals surface area contributed by atoms with E-state index in [9.17, 15) is 14.4 Å². The molecule has 1 aromatic carbocycles. The first kappa shape index (κ1) is 16.5. The summed E-state index contributed by atoms with van der Waals surface area (Å²) >= 11 is 0. The van der Waals surface area contributed by atoms with Crippen LogP contribution in [0.1, 0.15) is 17.3 Å². The van der Waals surface area contributed by atoms with Gasteiger partial charge in [-0.3, -0.25) is 14.4 Å². The summed E-state index contributed by atoms with van der Waals surface area (Å²) in [6, 6.07) is 6.38. The van der Waals surface area contributed by atoms with Crippen LogP contribution in [0.2, 0.25) is 0 Å². The molecule has 7 heteroatoms. The summed E-state index contributed by atoms with van der Waals surface area (Å²) in [5.41, 5.74) is 0.193. The highest BCUT2D eigenvalue weighted by Crippen LogP contribution is 2.19. The maximum Gasteiger partial charge on any atom is 0.323 e. The molecule has 0 saturated carbocycles. The van der Waals surface area contributed by atoms with E-state index in [-0.39, 0.29) is 12.1 Å². The van der Waals surface area contributed by atoms with Gasteiger partial charge < -0.3 is 19.8 Å². The van der Waals surface area contributed by atoms with Crippen molar-refractivity contribution < 1.29 is 29.3 Å². The standard InChI is InChI=1S/C14H17NO6/c1-9(14(19)20)7-15(8-12(16)17)13(18)10-5-3-4-6-11(10)21-2/h3-6,9H,7-8H2,1-2H3,(H,16,17)(H,19,20). The van der Waals surface area contributed by atoms with Crippen LogP contribution in [0.25, 0.3) is 0 Å². The number of hydrogen-bond acceptors (Lipinski definition) is 4. The Bertz CT molecular complexity index is 542. The molecule has 0 aliphatic carbocycles. The molecule has 0 bridgehead atoms. The number of benzene rings is 1. The van der Waals surface area contributed by atoms with Gasteiger partial charge in [-0.1, -0.05) is 19.1 Å². The van der Waals surface area contributed by atoms with Crippen molar-refractivity contribution in [1.29, 1.82) is 0 Å². The Labute approximate surface area is 121 Å². The lowest BCUT2D eigenvalue weighted by Crippen LogP contribution is -2.40. The molecule has 0 saturated heterocycles. The van der Waals surface area contributed by atoms with Crippen LogP contribution in [0, 0.1) is 5.92 Å². The molecule has 0 spiro atoms. The molecular weight excluding hydrogens is 278 g/mol. The molecule has 0 aliphatic heterocycles. The number of rotatable bonds is 7. The molecule has 0 fully saturated rings. The van der Waals surface area contributed by atoms with Crippen molar-refractivity contribution in [2.45, 2.75) is 6.92 Å². The molecule has 1 rings (SSSR count). The Morgan fingerprint density at radius 2 is 1.86 bits per heavy atom. The molecule has 1 aromatic rings. The topological polar surface area (TPSA) is 104 Å². The fourth-order valence-corrected chi connectivity index (χ4v) is 1.78. The predicted octanol–water partition coefficient (Wildman–Crippen LogP) is 0.943. The number of nitrogens with zero attached hydrogens (tertiary/aromatic N) is 1. The molecule has 1 unspecified atom stereocenters. The van der Waals surface area contributed by atoms with E-state index in [0.29, 0.717) is 5.75 Å². The first-order valence-corrected chi connectivity index (χ1v) is 6.23. The van der Waals surface area contributed by atoms with Crippen molar-refractivity contribution in [2.24, 2.45) is 5.92 Å². The van der Waals surface area contributed by atoms with E-state index >= 15 is 0 Å². The average molecular weight is 295 g/mol. The van der Waals surface area contributed by atoms with E-state index in [1.807, 2.05) is 0 Å². The number of aliphatic carboxylic acids is 2. The van der Waals surface area contributed by atoms with Crippen LogP contribution in [0.15, 0.2) is 24.3 Å². The van der Waals surface area contributed by atoms with Crippen LogP contribution >= 0.6 is 0 Å². The van der Waals surface area contributed by atoms with Crippen LogP contribution in [-0.4, -0.2) is 53.2 Å². The summed E-state index contributed by atoms with van der Waals surface area (Å²) in [5, 5.41) is 17.8. The highest BCUT2D eigenvalue weighted by Gasteiger charge is 2.25. The van der Waals surface area contributed by atoms with Crippen LogP contribution in [0.4, 0.5) is 0 Å². The predicted molar refractivity (Wildman–Crippen MR) is 73.3 cm³/mol. The lowest BCUT2D eigenvalue weighted by atomic mass is 10.1.